The summed E-state index contributed by atoms with van der Waals surface area (Å²) in [7, 11) is -3.34. The van der Waals surface area contributed by atoms with E-state index in [-0.39, 0.29) is 23.1 Å². The molecule has 212 valence electrons. The van der Waals surface area contributed by atoms with Gasteiger partial charge in [0.15, 0.2) is 15.0 Å². The van der Waals surface area contributed by atoms with E-state index < -0.39 is 9.84 Å². The van der Waals surface area contributed by atoms with Gasteiger partial charge in [-0.2, -0.15) is 0 Å². The van der Waals surface area contributed by atoms with E-state index in [4.69, 9.17) is 4.74 Å². The van der Waals surface area contributed by atoms with Gasteiger partial charge in [0.05, 0.1) is 22.7 Å². The molecule has 2 amide bonds. The molecule has 41 heavy (non-hydrogen) atoms. The molecule has 2 aromatic carbocycles. The van der Waals surface area contributed by atoms with E-state index in [2.05, 4.69) is 15.3 Å². The zero-order valence-corrected chi connectivity index (χ0v) is 24.4. The molecule has 0 aliphatic carbocycles. The number of pyridine rings is 1. The number of carbonyl (C=O) groups is 2. The van der Waals surface area contributed by atoms with E-state index in [1.165, 1.54) is 23.5 Å². The number of likely N-dealkylation sites (tertiary alicyclic amines) is 1. The molecule has 3 heterocycles. The number of thiazole rings is 1. The second-order valence-electron chi connectivity index (χ2n) is 9.98. The Labute approximate surface area is 243 Å². The Bertz CT molecular complexity index is 1680. The number of aromatic nitrogens is 2. The van der Waals surface area contributed by atoms with E-state index >= 15 is 0 Å². The fraction of sp³-hybridized carbons (Fsp3) is 0.267. The minimum Gasteiger partial charge on any atom is -0.457 e. The highest BCUT2D eigenvalue weighted by Gasteiger charge is 2.19. The Balaban J connectivity index is 1.37. The number of benzene rings is 2. The Hall–Kier alpha value is -4.09. The van der Waals surface area contributed by atoms with E-state index in [9.17, 15) is 18.0 Å². The number of nitrogens with one attached hydrogen (secondary N) is 1. The predicted molar refractivity (Wildman–Crippen MR) is 158 cm³/mol. The van der Waals surface area contributed by atoms with Crippen LogP contribution in [0.25, 0.3) is 11.3 Å². The van der Waals surface area contributed by atoms with Crippen LogP contribution in [-0.4, -0.2) is 54.4 Å². The van der Waals surface area contributed by atoms with Crippen LogP contribution >= 0.6 is 11.3 Å². The number of amides is 2. The molecule has 11 heteroatoms. The summed E-state index contributed by atoms with van der Waals surface area (Å²) in [6, 6.07) is 15.0. The molecule has 1 aliphatic rings. The van der Waals surface area contributed by atoms with Crippen molar-refractivity contribution in [2.75, 3.05) is 24.7 Å². The van der Waals surface area contributed by atoms with Crippen molar-refractivity contribution >= 4 is 38.1 Å². The summed E-state index contributed by atoms with van der Waals surface area (Å²) < 4.78 is 29.7. The third-order valence-electron chi connectivity index (χ3n) is 6.75. The highest BCUT2D eigenvalue weighted by molar-refractivity contribution is 7.90. The van der Waals surface area contributed by atoms with Crippen molar-refractivity contribution in [3.8, 4) is 22.8 Å². The quantitative estimate of drug-likeness (QED) is 0.287. The first-order chi connectivity index (χ1) is 19.7. The first-order valence-corrected chi connectivity index (χ1v) is 16.0. The van der Waals surface area contributed by atoms with Gasteiger partial charge in [-0.15, -0.1) is 11.3 Å². The highest BCUT2D eigenvalue weighted by Crippen LogP contribution is 2.31. The van der Waals surface area contributed by atoms with Crippen LogP contribution in [0.15, 0.2) is 71.1 Å². The average molecular weight is 591 g/mol. The fourth-order valence-corrected chi connectivity index (χ4v) is 5.97. The molecular formula is C30H30N4O5S2. The summed E-state index contributed by atoms with van der Waals surface area (Å²) in [5, 5.41) is 5.03. The first-order valence-electron chi connectivity index (χ1n) is 13.2. The number of hydrogen-bond donors (Lipinski definition) is 1. The van der Waals surface area contributed by atoms with Crippen molar-refractivity contribution in [3.05, 3.63) is 83.0 Å². The molecule has 0 radical (unpaired) electrons. The second kappa shape index (κ2) is 12.2. The molecule has 2 aromatic heterocycles. The summed E-state index contributed by atoms with van der Waals surface area (Å²) in [5.41, 5.74) is 3.27. The second-order valence-corrected chi connectivity index (χ2v) is 12.9. The van der Waals surface area contributed by atoms with Gasteiger partial charge in [0.1, 0.15) is 11.5 Å². The number of ether oxygens (including phenoxy) is 1. The number of sulfone groups is 1. The Morgan fingerprint density at radius 2 is 1.78 bits per heavy atom. The lowest BCUT2D eigenvalue weighted by molar-refractivity contribution is -0.131. The average Bonchev–Trinajstić information content (AvgIpc) is 3.39. The molecule has 1 saturated heterocycles. The molecule has 0 spiro atoms. The van der Waals surface area contributed by atoms with Crippen LogP contribution < -0.4 is 10.1 Å². The van der Waals surface area contributed by atoms with Crippen molar-refractivity contribution in [1.82, 2.24) is 14.9 Å². The van der Waals surface area contributed by atoms with E-state index in [1.54, 1.807) is 41.9 Å². The van der Waals surface area contributed by atoms with Gasteiger partial charge in [-0.05, 0) is 80.3 Å². The van der Waals surface area contributed by atoms with Gasteiger partial charge in [-0.3, -0.25) is 19.9 Å². The molecule has 0 saturated carbocycles. The van der Waals surface area contributed by atoms with Crippen LogP contribution in [0.5, 0.6) is 11.5 Å². The standard InChI is InChI=1S/C30H30N4O5S2/c1-20-7-6-12-31-28(20)21-15-22(17-25(16-21)39-24-8-10-26(11-9-24)41(2,37)38)29(36)33-30-32-23(19-40-30)18-27(35)34-13-4-3-5-14-34/h6-12,15-17,19H,3-5,13-14,18H2,1-2H3,(H,32,33,36). The van der Waals surface area contributed by atoms with Crippen molar-refractivity contribution in [1.29, 1.82) is 0 Å². The van der Waals surface area contributed by atoms with Gasteiger partial charge in [-0.25, -0.2) is 13.4 Å². The van der Waals surface area contributed by atoms with Crippen molar-refractivity contribution in [3.63, 3.8) is 0 Å². The van der Waals surface area contributed by atoms with Gasteiger partial charge < -0.3 is 9.64 Å². The molecule has 0 atom stereocenters. The Kier molecular flexibility index (Phi) is 8.46. The zero-order valence-electron chi connectivity index (χ0n) is 22.8. The minimum absolute atomic E-state index is 0.0534. The maximum atomic E-state index is 13.4. The highest BCUT2D eigenvalue weighted by atomic mass is 32.2. The van der Waals surface area contributed by atoms with Gasteiger partial charge >= 0.3 is 0 Å². The lowest BCUT2D eigenvalue weighted by Gasteiger charge is -2.26. The summed E-state index contributed by atoms with van der Waals surface area (Å²) in [4.78, 5) is 37.0. The largest absolute Gasteiger partial charge is 0.457 e. The number of anilines is 1. The summed E-state index contributed by atoms with van der Waals surface area (Å²) in [5.74, 6) is 0.469. The van der Waals surface area contributed by atoms with E-state index in [0.717, 1.165) is 44.2 Å². The summed E-state index contributed by atoms with van der Waals surface area (Å²) >= 11 is 1.27. The predicted octanol–water partition coefficient (Wildman–Crippen LogP) is 5.52. The van der Waals surface area contributed by atoms with Gasteiger partial charge in [0.2, 0.25) is 5.91 Å². The number of aryl methyl sites for hydroxylation is 1. The molecule has 0 bridgehead atoms. The minimum atomic E-state index is -3.34. The maximum absolute atomic E-state index is 13.4. The topological polar surface area (TPSA) is 119 Å². The van der Waals surface area contributed by atoms with Crippen LogP contribution in [0.1, 0.15) is 40.9 Å². The molecule has 4 aromatic rings. The first kappa shape index (κ1) is 28.4. The Morgan fingerprint density at radius 1 is 1.02 bits per heavy atom. The molecule has 9 nitrogen and oxygen atoms in total. The number of nitrogens with zero attached hydrogens (tertiary/aromatic N) is 3. The molecule has 1 aliphatic heterocycles. The van der Waals surface area contributed by atoms with E-state index in [0.29, 0.717) is 39.1 Å². The monoisotopic (exact) mass is 590 g/mol. The van der Waals surface area contributed by atoms with Crippen LogP contribution in [0.2, 0.25) is 0 Å². The van der Waals surface area contributed by atoms with Crippen molar-refractivity contribution in [2.45, 2.75) is 37.5 Å². The molecule has 5 rings (SSSR count). The molecule has 0 unspecified atom stereocenters. The van der Waals surface area contributed by atoms with Gasteiger partial charge in [0, 0.05) is 42.0 Å². The number of piperidine rings is 1. The number of hydrogen-bond acceptors (Lipinski definition) is 8. The lowest BCUT2D eigenvalue weighted by Crippen LogP contribution is -2.36. The smallest absolute Gasteiger partial charge is 0.257 e. The number of rotatable bonds is 8. The third-order valence-corrected chi connectivity index (χ3v) is 8.69. The van der Waals surface area contributed by atoms with Crippen LogP contribution in [-0.2, 0) is 21.1 Å². The van der Waals surface area contributed by atoms with Crippen LogP contribution in [0.4, 0.5) is 5.13 Å². The third kappa shape index (κ3) is 7.17. The van der Waals surface area contributed by atoms with Crippen LogP contribution in [0.3, 0.4) is 0 Å². The molecule has 1 fully saturated rings. The van der Waals surface area contributed by atoms with Gasteiger partial charge in [0.25, 0.3) is 5.91 Å². The SMILES string of the molecule is Cc1cccnc1-c1cc(Oc2ccc(S(C)(=O)=O)cc2)cc(C(=O)Nc2nc(CC(=O)N3CCCCC3)cs2)c1. The van der Waals surface area contributed by atoms with Crippen LogP contribution in [0, 0.1) is 6.92 Å². The lowest BCUT2D eigenvalue weighted by atomic mass is 10.0. The molecule has 1 N–H and O–H groups in total. The maximum Gasteiger partial charge on any atom is 0.257 e. The summed E-state index contributed by atoms with van der Waals surface area (Å²) in [6.45, 7) is 3.50. The Morgan fingerprint density at radius 3 is 2.49 bits per heavy atom. The van der Waals surface area contributed by atoms with Gasteiger partial charge in [-0.1, -0.05) is 6.07 Å². The fourth-order valence-electron chi connectivity index (χ4n) is 4.63. The van der Waals surface area contributed by atoms with E-state index in [1.807, 2.05) is 24.0 Å². The number of carbonyl (C=O) groups excluding carboxylic acids is 2. The molecular weight excluding hydrogens is 560 g/mol. The summed E-state index contributed by atoms with van der Waals surface area (Å²) in [6.07, 6.45) is 6.24. The van der Waals surface area contributed by atoms with Crippen molar-refractivity contribution < 1.29 is 22.7 Å². The normalized spacial score (nSPS) is 13.6. The zero-order chi connectivity index (χ0) is 29.0. The van der Waals surface area contributed by atoms with Crippen molar-refractivity contribution in [2.24, 2.45) is 0 Å².